The molecule has 27 heavy (non-hydrogen) atoms. The zero-order valence-electron chi connectivity index (χ0n) is 16.0. The highest BCUT2D eigenvalue weighted by Crippen LogP contribution is 2.18. The van der Waals surface area contributed by atoms with Crippen molar-refractivity contribution in [2.45, 2.75) is 31.2 Å². The molecule has 1 fully saturated rings. The van der Waals surface area contributed by atoms with Crippen LogP contribution >= 0.6 is 24.0 Å². The Bertz CT molecular complexity index is 750. The smallest absolute Gasteiger partial charge is 0.310 e. The third kappa shape index (κ3) is 6.95. The van der Waals surface area contributed by atoms with E-state index < -0.39 is 9.84 Å². The maximum absolute atomic E-state index is 12.0. The molecule has 9 heteroatoms. The van der Waals surface area contributed by atoms with Crippen LogP contribution in [-0.4, -0.2) is 58.2 Å². The Labute approximate surface area is 178 Å². The van der Waals surface area contributed by atoms with Gasteiger partial charge in [0.2, 0.25) is 0 Å². The fraction of sp³-hybridized carbons (Fsp3) is 0.556. The van der Waals surface area contributed by atoms with E-state index in [9.17, 15) is 13.2 Å². The number of hydrogen-bond acceptors (Lipinski definition) is 5. The van der Waals surface area contributed by atoms with Gasteiger partial charge in [-0.2, -0.15) is 0 Å². The number of esters is 1. The number of hydrogen-bond donors (Lipinski definition) is 1. The van der Waals surface area contributed by atoms with Gasteiger partial charge in [-0.25, -0.2) is 8.42 Å². The van der Waals surface area contributed by atoms with E-state index in [-0.39, 0.29) is 35.9 Å². The van der Waals surface area contributed by atoms with Gasteiger partial charge in [0, 0.05) is 32.9 Å². The molecule has 0 bridgehead atoms. The van der Waals surface area contributed by atoms with Crippen LogP contribution in [0.4, 0.5) is 0 Å². The first kappa shape index (κ1) is 23.7. The number of carbonyl (C=O) groups is 1. The lowest BCUT2D eigenvalue weighted by Crippen LogP contribution is -2.48. The largest absolute Gasteiger partial charge is 0.466 e. The van der Waals surface area contributed by atoms with Crippen molar-refractivity contribution >= 4 is 45.7 Å². The molecule has 1 aliphatic heterocycles. The van der Waals surface area contributed by atoms with Crippen molar-refractivity contribution in [1.29, 1.82) is 0 Å². The first-order valence-corrected chi connectivity index (χ1v) is 10.7. The van der Waals surface area contributed by atoms with Crippen molar-refractivity contribution < 1.29 is 17.9 Å². The molecule has 1 atom stereocenters. The first-order chi connectivity index (χ1) is 12.3. The molecule has 0 saturated carbocycles. The van der Waals surface area contributed by atoms with E-state index in [0.29, 0.717) is 24.6 Å². The van der Waals surface area contributed by atoms with Gasteiger partial charge in [0.05, 0.1) is 17.4 Å². The monoisotopic (exact) mass is 509 g/mol. The number of sulfone groups is 1. The maximum atomic E-state index is 12.0. The highest BCUT2D eigenvalue weighted by Gasteiger charge is 2.28. The third-order valence-electron chi connectivity index (χ3n) is 4.35. The molecule has 0 spiro atoms. The molecular weight excluding hydrogens is 481 g/mol. The summed E-state index contributed by atoms with van der Waals surface area (Å²) >= 11 is 0. The van der Waals surface area contributed by atoms with Crippen LogP contribution in [0.15, 0.2) is 34.2 Å². The Morgan fingerprint density at radius 1 is 1.33 bits per heavy atom. The molecule has 1 N–H and O–H groups in total. The molecule has 1 aromatic rings. The van der Waals surface area contributed by atoms with Gasteiger partial charge in [-0.1, -0.05) is 12.1 Å². The number of ether oxygens (including phenoxy) is 1. The summed E-state index contributed by atoms with van der Waals surface area (Å²) in [6.45, 7) is 4.16. The van der Waals surface area contributed by atoms with E-state index >= 15 is 0 Å². The average Bonchev–Trinajstić information content (AvgIpc) is 2.62. The summed E-state index contributed by atoms with van der Waals surface area (Å²) < 4.78 is 28.2. The number of nitrogens with zero attached hydrogens (tertiary/aromatic N) is 2. The van der Waals surface area contributed by atoms with Crippen molar-refractivity contribution in [3.8, 4) is 0 Å². The molecule has 1 unspecified atom stereocenters. The second-order valence-corrected chi connectivity index (χ2v) is 8.37. The van der Waals surface area contributed by atoms with Crippen LogP contribution in [0.1, 0.15) is 25.3 Å². The normalized spacial score (nSPS) is 17.8. The molecule has 0 amide bonds. The molecule has 0 aromatic heterocycles. The summed E-state index contributed by atoms with van der Waals surface area (Å²) in [5.74, 6) is 0.450. The van der Waals surface area contributed by atoms with Crippen molar-refractivity contribution in [3.05, 3.63) is 29.8 Å². The predicted molar refractivity (Wildman–Crippen MR) is 116 cm³/mol. The van der Waals surface area contributed by atoms with Crippen molar-refractivity contribution in [1.82, 2.24) is 10.2 Å². The first-order valence-electron chi connectivity index (χ1n) is 8.76. The Hall–Kier alpha value is -1.36. The van der Waals surface area contributed by atoms with E-state index in [0.717, 1.165) is 30.9 Å². The number of guanidine groups is 1. The van der Waals surface area contributed by atoms with E-state index in [1.165, 1.54) is 6.26 Å². The van der Waals surface area contributed by atoms with E-state index in [4.69, 9.17) is 4.74 Å². The van der Waals surface area contributed by atoms with Gasteiger partial charge >= 0.3 is 5.97 Å². The molecule has 0 radical (unpaired) electrons. The molecule has 1 aliphatic rings. The molecule has 2 rings (SSSR count). The standard InChI is InChI=1S/C18H27N3O4S.HI/c1-4-25-17(22)15-6-5-11-21(13-15)18(19-2)20-12-14-7-9-16(10-8-14)26(3,23)24;/h7-10,15H,4-6,11-13H2,1-3H3,(H,19,20);1H. The number of benzene rings is 1. The third-order valence-corrected chi connectivity index (χ3v) is 5.48. The number of piperidine rings is 1. The zero-order chi connectivity index (χ0) is 19.2. The summed E-state index contributed by atoms with van der Waals surface area (Å²) in [6.07, 6.45) is 2.94. The Balaban J connectivity index is 0.00000364. The van der Waals surface area contributed by atoms with Crippen molar-refractivity contribution in [3.63, 3.8) is 0 Å². The molecular formula is C18H28IN3O4S. The number of likely N-dealkylation sites (tertiary alicyclic amines) is 1. The quantitative estimate of drug-likeness (QED) is 0.283. The molecule has 0 aliphatic carbocycles. The summed E-state index contributed by atoms with van der Waals surface area (Å²) in [5.41, 5.74) is 0.956. The SMILES string of the molecule is CCOC(=O)C1CCCN(C(=NC)NCc2ccc(S(C)(=O)=O)cc2)C1.I. The van der Waals surface area contributed by atoms with Crippen LogP contribution in [0.5, 0.6) is 0 Å². The number of carbonyl (C=O) groups excluding carboxylic acids is 1. The highest BCUT2D eigenvalue weighted by atomic mass is 127. The molecule has 152 valence electrons. The zero-order valence-corrected chi connectivity index (χ0v) is 19.1. The predicted octanol–water partition coefficient (Wildman–Crippen LogP) is 2.06. The van der Waals surface area contributed by atoms with Gasteiger partial charge in [-0.3, -0.25) is 9.79 Å². The van der Waals surface area contributed by atoms with E-state index in [2.05, 4.69) is 15.2 Å². The van der Waals surface area contributed by atoms with Gasteiger partial charge in [-0.05, 0) is 37.5 Å². The fourth-order valence-corrected chi connectivity index (χ4v) is 3.62. The van der Waals surface area contributed by atoms with Gasteiger partial charge < -0.3 is 15.0 Å². The maximum Gasteiger partial charge on any atom is 0.310 e. The lowest BCUT2D eigenvalue weighted by molar-refractivity contribution is -0.149. The van der Waals surface area contributed by atoms with Crippen LogP contribution in [0.3, 0.4) is 0 Å². The van der Waals surface area contributed by atoms with Gasteiger partial charge in [0.15, 0.2) is 15.8 Å². The minimum atomic E-state index is -3.19. The summed E-state index contributed by atoms with van der Waals surface area (Å²) in [5, 5.41) is 3.28. The summed E-state index contributed by atoms with van der Waals surface area (Å²) in [6, 6.07) is 6.78. The lowest BCUT2D eigenvalue weighted by atomic mass is 9.98. The van der Waals surface area contributed by atoms with E-state index in [1.807, 2.05) is 6.92 Å². The Morgan fingerprint density at radius 3 is 2.56 bits per heavy atom. The summed E-state index contributed by atoms with van der Waals surface area (Å²) in [4.78, 5) is 18.7. The van der Waals surface area contributed by atoms with Crippen LogP contribution in [0.25, 0.3) is 0 Å². The molecule has 1 aromatic carbocycles. The van der Waals surface area contributed by atoms with E-state index in [1.54, 1.807) is 31.3 Å². The van der Waals surface area contributed by atoms with Crippen LogP contribution in [-0.2, 0) is 25.9 Å². The average molecular weight is 509 g/mol. The fourth-order valence-electron chi connectivity index (χ4n) is 2.99. The second-order valence-electron chi connectivity index (χ2n) is 6.35. The van der Waals surface area contributed by atoms with Gasteiger partial charge in [0.25, 0.3) is 0 Å². The highest BCUT2D eigenvalue weighted by molar-refractivity contribution is 14.0. The number of nitrogens with one attached hydrogen (secondary N) is 1. The Morgan fingerprint density at radius 2 is 2.00 bits per heavy atom. The minimum Gasteiger partial charge on any atom is -0.466 e. The van der Waals surface area contributed by atoms with Crippen molar-refractivity contribution in [2.24, 2.45) is 10.9 Å². The topological polar surface area (TPSA) is 88.1 Å². The Kier molecular flexibility index (Phi) is 9.51. The summed E-state index contributed by atoms with van der Waals surface area (Å²) in [7, 11) is -1.48. The lowest BCUT2D eigenvalue weighted by Gasteiger charge is -2.34. The molecule has 7 nitrogen and oxygen atoms in total. The second kappa shape index (κ2) is 10.8. The number of halogens is 1. The molecule has 1 saturated heterocycles. The van der Waals surface area contributed by atoms with Crippen LogP contribution < -0.4 is 5.32 Å². The van der Waals surface area contributed by atoms with Crippen molar-refractivity contribution in [2.75, 3.05) is 33.0 Å². The van der Waals surface area contributed by atoms with Crippen LogP contribution in [0.2, 0.25) is 0 Å². The minimum absolute atomic E-state index is 0. The van der Waals surface area contributed by atoms with Crippen LogP contribution in [0, 0.1) is 5.92 Å². The molecule has 1 heterocycles. The number of rotatable bonds is 5. The number of aliphatic imine (C=N–C) groups is 1. The van der Waals surface area contributed by atoms with Gasteiger partial charge in [0.1, 0.15) is 0 Å². The van der Waals surface area contributed by atoms with Gasteiger partial charge in [-0.15, -0.1) is 24.0 Å².